The van der Waals surface area contributed by atoms with E-state index in [0.29, 0.717) is 29.3 Å². The van der Waals surface area contributed by atoms with E-state index in [1.165, 1.54) is 24.8 Å². The number of carbonyl (C=O) groups is 2. The van der Waals surface area contributed by atoms with E-state index in [4.69, 9.17) is 4.74 Å². The number of hydrogen-bond donors (Lipinski definition) is 1. The summed E-state index contributed by atoms with van der Waals surface area (Å²) in [5.74, 6) is 1.40. The molecule has 1 spiro atoms. The lowest BCUT2D eigenvalue weighted by atomic mass is 9.79. The minimum atomic E-state index is -0.0661. The average molecular weight is 433 g/mol. The van der Waals surface area contributed by atoms with E-state index in [1.807, 2.05) is 42.5 Å². The lowest BCUT2D eigenvalue weighted by Gasteiger charge is -2.34. The number of likely N-dealkylation sites (tertiary alicyclic amines) is 1. The van der Waals surface area contributed by atoms with Crippen LogP contribution < -0.4 is 10.1 Å². The molecule has 0 bridgehead atoms. The first-order valence-corrected chi connectivity index (χ1v) is 12.0. The van der Waals surface area contributed by atoms with Crippen LogP contribution in [-0.4, -0.2) is 42.5 Å². The Bertz CT molecular complexity index is 945. The molecular formula is C27H32N2O3. The first-order chi connectivity index (χ1) is 15.6. The quantitative estimate of drug-likeness (QED) is 0.713. The van der Waals surface area contributed by atoms with E-state index in [0.717, 1.165) is 44.5 Å². The Morgan fingerprint density at radius 1 is 1.00 bits per heavy atom. The highest BCUT2D eigenvalue weighted by Crippen LogP contribution is 2.66. The van der Waals surface area contributed by atoms with Crippen LogP contribution in [-0.2, 0) is 11.2 Å². The summed E-state index contributed by atoms with van der Waals surface area (Å²) in [6, 6.07) is 17.5. The van der Waals surface area contributed by atoms with Crippen LogP contribution in [0, 0.1) is 11.3 Å². The summed E-state index contributed by atoms with van der Waals surface area (Å²) in [6.45, 7) is 2.19. The van der Waals surface area contributed by atoms with Gasteiger partial charge in [0.05, 0.1) is 0 Å². The Labute approximate surface area is 190 Å². The highest BCUT2D eigenvalue weighted by Gasteiger charge is 2.61. The lowest BCUT2D eigenvalue weighted by molar-refractivity contribution is -0.135. The van der Waals surface area contributed by atoms with Crippen molar-refractivity contribution in [3.8, 4) is 5.75 Å². The summed E-state index contributed by atoms with van der Waals surface area (Å²) in [7, 11) is 0. The normalized spacial score (nSPS) is 21.6. The van der Waals surface area contributed by atoms with Crippen LogP contribution >= 0.6 is 0 Å². The highest BCUT2D eigenvalue weighted by atomic mass is 16.5. The monoisotopic (exact) mass is 432 g/mol. The Balaban J connectivity index is 1.04. The topological polar surface area (TPSA) is 58.6 Å². The van der Waals surface area contributed by atoms with Gasteiger partial charge in [0.1, 0.15) is 11.9 Å². The van der Waals surface area contributed by atoms with E-state index in [-0.39, 0.29) is 12.0 Å². The maximum absolute atomic E-state index is 12.7. The van der Waals surface area contributed by atoms with Crippen molar-refractivity contribution in [2.24, 2.45) is 11.3 Å². The van der Waals surface area contributed by atoms with Crippen LogP contribution in [0.15, 0.2) is 54.6 Å². The van der Waals surface area contributed by atoms with Gasteiger partial charge in [-0.05, 0) is 60.9 Å². The summed E-state index contributed by atoms with van der Waals surface area (Å²) in [5.41, 5.74) is 2.25. The van der Waals surface area contributed by atoms with Gasteiger partial charge in [-0.1, -0.05) is 36.8 Å². The van der Waals surface area contributed by atoms with Gasteiger partial charge in [0, 0.05) is 44.0 Å². The van der Waals surface area contributed by atoms with Crippen molar-refractivity contribution in [2.45, 2.75) is 51.0 Å². The third kappa shape index (κ3) is 4.52. The van der Waals surface area contributed by atoms with E-state index in [1.54, 1.807) is 0 Å². The molecule has 1 aliphatic heterocycles. The summed E-state index contributed by atoms with van der Waals surface area (Å²) in [6.07, 6.45) is 7.61. The molecule has 32 heavy (non-hydrogen) atoms. The molecule has 1 saturated heterocycles. The summed E-state index contributed by atoms with van der Waals surface area (Å²) in [5, 5.41) is 2.97. The third-order valence-electron chi connectivity index (χ3n) is 7.55. The summed E-state index contributed by atoms with van der Waals surface area (Å²) < 4.78 is 6.14. The molecule has 2 amide bonds. The van der Waals surface area contributed by atoms with Gasteiger partial charge in [-0.25, -0.2) is 0 Å². The van der Waals surface area contributed by atoms with Crippen molar-refractivity contribution in [3.05, 3.63) is 65.7 Å². The molecule has 0 radical (unpaired) electrons. The minimum absolute atomic E-state index is 0.0661. The standard InChI is InChI=1S/C27H32N2O3/c30-25(28-16-11-20-5-2-1-3-6-20)21-7-9-22(10-8-21)32-23-12-17-29(18-13-23)26(31)24-19-27(24)14-4-15-27/h1-3,5-10,23-24H,4,11-19H2,(H,28,30)/t24-/m1/s1. The second-order valence-electron chi connectivity index (χ2n) is 9.63. The van der Waals surface area contributed by atoms with Crippen LogP contribution in [0.3, 0.4) is 0 Å². The zero-order valence-corrected chi connectivity index (χ0v) is 18.6. The average Bonchev–Trinajstić information content (AvgIpc) is 3.57. The van der Waals surface area contributed by atoms with Crippen molar-refractivity contribution in [1.82, 2.24) is 10.2 Å². The zero-order chi connectivity index (χ0) is 22.0. The van der Waals surface area contributed by atoms with Crippen LogP contribution in [0.2, 0.25) is 0 Å². The van der Waals surface area contributed by atoms with Crippen molar-refractivity contribution in [3.63, 3.8) is 0 Å². The Hall–Kier alpha value is -2.82. The predicted octanol–water partition coefficient (Wildman–Crippen LogP) is 4.22. The summed E-state index contributed by atoms with van der Waals surface area (Å²) in [4.78, 5) is 27.2. The highest BCUT2D eigenvalue weighted by molar-refractivity contribution is 5.94. The fraction of sp³-hybridized carbons (Fsp3) is 0.481. The molecule has 1 atom stereocenters. The number of amides is 2. The van der Waals surface area contributed by atoms with Crippen molar-refractivity contribution in [2.75, 3.05) is 19.6 Å². The molecule has 1 N–H and O–H groups in total. The molecule has 168 valence electrons. The van der Waals surface area contributed by atoms with Crippen molar-refractivity contribution in [1.29, 1.82) is 0 Å². The maximum Gasteiger partial charge on any atom is 0.251 e. The number of carbonyl (C=O) groups excluding carboxylic acids is 2. The first kappa shape index (κ1) is 21.0. The smallest absolute Gasteiger partial charge is 0.251 e. The molecule has 2 saturated carbocycles. The van der Waals surface area contributed by atoms with Crippen molar-refractivity contribution >= 4 is 11.8 Å². The predicted molar refractivity (Wildman–Crippen MR) is 124 cm³/mol. The fourth-order valence-electron chi connectivity index (χ4n) is 5.24. The van der Waals surface area contributed by atoms with Gasteiger partial charge >= 0.3 is 0 Å². The van der Waals surface area contributed by atoms with Gasteiger partial charge in [0.25, 0.3) is 5.91 Å². The van der Waals surface area contributed by atoms with E-state index >= 15 is 0 Å². The van der Waals surface area contributed by atoms with Gasteiger partial charge in [-0.15, -0.1) is 0 Å². The molecule has 0 aromatic heterocycles. The molecule has 1 heterocycles. The van der Waals surface area contributed by atoms with Crippen LogP contribution in [0.5, 0.6) is 5.75 Å². The first-order valence-electron chi connectivity index (χ1n) is 12.0. The molecule has 2 aromatic rings. The Morgan fingerprint density at radius 2 is 1.72 bits per heavy atom. The molecule has 2 aliphatic carbocycles. The number of nitrogens with one attached hydrogen (secondary N) is 1. The van der Waals surface area contributed by atoms with Gasteiger partial charge in [0.2, 0.25) is 5.91 Å². The van der Waals surface area contributed by atoms with Crippen LogP contribution in [0.1, 0.15) is 54.4 Å². The second-order valence-corrected chi connectivity index (χ2v) is 9.63. The second kappa shape index (κ2) is 8.97. The number of nitrogens with zero attached hydrogens (tertiary/aromatic N) is 1. The van der Waals surface area contributed by atoms with Crippen molar-refractivity contribution < 1.29 is 14.3 Å². The maximum atomic E-state index is 12.7. The summed E-state index contributed by atoms with van der Waals surface area (Å²) >= 11 is 0. The number of hydrogen-bond acceptors (Lipinski definition) is 3. The minimum Gasteiger partial charge on any atom is -0.490 e. The molecular weight excluding hydrogens is 400 g/mol. The number of ether oxygens (including phenoxy) is 1. The molecule has 3 fully saturated rings. The number of rotatable bonds is 7. The van der Waals surface area contributed by atoms with Crippen LogP contribution in [0.25, 0.3) is 0 Å². The Morgan fingerprint density at radius 3 is 2.34 bits per heavy atom. The van der Waals surface area contributed by atoms with E-state index in [2.05, 4.69) is 22.3 Å². The molecule has 5 rings (SSSR count). The molecule has 3 aliphatic rings. The van der Waals surface area contributed by atoms with E-state index < -0.39 is 0 Å². The zero-order valence-electron chi connectivity index (χ0n) is 18.6. The van der Waals surface area contributed by atoms with Gasteiger partial charge in [-0.3, -0.25) is 9.59 Å². The SMILES string of the molecule is O=C(NCCc1ccccc1)c1ccc(OC2CCN(C(=O)[C@H]3CC34CCC4)CC2)cc1. The van der Waals surface area contributed by atoms with Crippen LogP contribution in [0.4, 0.5) is 0 Å². The number of benzene rings is 2. The molecule has 0 unspecified atom stereocenters. The lowest BCUT2D eigenvalue weighted by Crippen LogP contribution is -2.43. The van der Waals surface area contributed by atoms with E-state index in [9.17, 15) is 9.59 Å². The van der Waals surface area contributed by atoms with Gasteiger partial charge in [0.15, 0.2) is 0 Å². The molecule has 5 nitrogen and oxygen atoms in total. The fourth-order valence-corrected chi connectivity index (χ4v) is 5.24. The van der Waals surface area contributed by atoms with Gasteiger partial charge in [-0.2, -0.15) is 0 Å². The third-order valence-corrected chi connectivity index (χ3v) is 7.55. The number of piperidine rings is 1. The molecule has 5 heteroatoms. The molecule has 2 aromatic carbocycles. The largest absolute Gasteiger partial charge is 0.490 e. The van der Waals surface area contributed by atoms with Gasteiger partial charge < -0.3 is 15.0 Å². The Kier molecular flexibility index (Phi) is 5.90.